The fourth-order valence-corrected chi connectivity index (χ4v) is 2.62. The van der Waals surface area contributed by atoms with Crippen LogP contribution in [0.5, 0.6) is 0 Å². The summed E-state index contributed by atoms with van der Waals surface area (Å²) in [5.74, 6) is 0. The number of aryl methyl sites for hydroxylation is 1. The Morgan fingerprint density at radius 2 is 1.75 bits per heavy atom. The van der Waals surface area contributed by atoms with Gasteiger partial charge in [-0.15, -0.1) is 0 Å². The molecule has 2 atom stereocenters. The molecule has 2 heteroatoms. The van der Waals surface area contributed by atoms with Crippen LogP contribution in [-0.2, 0) is 0 Å². The standard InChI is InChI=1S/C18H22ClN/c1-4-18(16-6-5-7-17(19)12-16)20-14(3)15-10-8-13(2)9-11-15/h5-12,14,18,20H,4H2,1-3H3/t14-,18?/m0/s1. The van der Waals surface area contributed by atoms with Gasteiger partial charge in [-0.1, -0.05) is 60.5 Å². The molecule has 0 fully saturated rings. The molecule has 106 valence electrons. The van der Waals surface area contributed by atoms with E-state index in [9.17, 15) is 0 Å². The highest BCUT2D eigenvalue weighted by Gasteiger charge is 2.13. The van der Waals surface area contributed by atoms with E-state index in [1.165, 1.54) is 16.7 Å². The van der Waals surface area contributed by atoms with Gasteiger partial charge in [0.15, 0.2) is 0 Å². The third kappa shape index (κ3) is 3.84. The van der Waals surface area contributed by atoms with Crippen molar-refractivity contribution >= 4 is 11.6 Å². The Morgan fingerprint density at radius 1 is 1.05 bits per heavy atom. The third-order valence-corrected chi connectivity index (χ3v) is 3.92. The quantitative estimate of drug-likeness (QED) is 0.771. The summed E-state index contributed by atoms with van der Waals surface area (Å²) in [5, 5.41) is 4.48. The molecule has 0 radical (unpaired) electrons. The zero-order valence-electron chi connectivity index (χ0n) is 12.4. The van der Waals surface area contributed by atoms with Crippen molar-refractivity contribution in [3.8, 4) is 0 Å². The minimum Gasteiger partial charge on any atom is -0.303 e. The number of benzene rings is 2. The molecule has 20 heavy (non-hydrogen) atoms. The molecule has 0 aliphatic carbocycles. The molecule has 0 saturated heterocycles. The number of hydrogen-bond acceptors (Lipinski definition) is 1. The van der Waals surface area contributed by atoms with Crippen LogP contribution in [0.3, 0.4) is 0 Å². The van der Waals surface area contributed by atoms with Crippen LogP contribution in [0, 0.1) is 6.92 Å². The van der Waals surface area contributed by atoms with Gasteiger partial charge in [-0.3, -0.25) is 0 Å². The molecule has 0 aliphatic heterocycles. The minimum atomic E-state index is 0.319. The molecule has 0 saturated carbocycles. The summed E-state index contributed by atoms with van der Waals surface area (Å²) in [7, 11) is 0. The molecule has 0 aliphatic rings. The average molecular weight is 288 g/mol. The number of rotatable bonds is 5. The van der Waals surface area contributed by atoms with Gasteiger partial charge < -0.3 is 5.32 Å². The van der Waals surface area contributed by atoms with Crippen LogP contribution >= 0.6 is 11.6 Å². The first-order chi connectivity index (χ1) is 9.60. The summed E-state index contributed by atoms with van der Waals surface area (Å²) in [6.45, 7) is 6.51. The largest absolute Gasteiger partial charge is 0.303 e. The Balaban J connectivity index is 2.11. The van der Waals surface area contributed by atoms with Crippen molar-refractivity contribution in [2.24, 2.45) is 0 Å². The molecule has 1 nitrogen and oxygen atoms in total. The first-order valence-corrected chi connectivity index (χ1v) is 7.56. The van der Waals surface area contributed by atoms with E-state index in [2.05, 4.69) is 56.4 Å². The van der Waals surface area contributed by atoms with Crippen molar-refractivity contribution < 1.29 is 0 Å². The second-order valence-corrected chi connectivity index (χ2v) is 5.75. The van der Waals surface area contributed by atoms with Crippen LogP contribution in [0.2, 0.25) is 5.02 Å². The van der Waals surface area contributed by atoms with Crippen LogP contribution < -0.4 is 5.32 Å². The first-order valence-electron chi connectivity index (χ1n) is 7.18. The van der Waals surface area contributed by atoms with Gasteiger partial charge in [-0.05, 0) is 43.5 Å². The van der Waals surface area contributed by atoms with Crippen molar-refractivity contribution in [3.05, 3.63) is 70.2 Å². The van der Waals surface area contributed by atoms with Gasteiger partial charge in [0.1, 0.15) is 0 Å². The zero-order chi connectivity index (χ0) is 14.5. The third-order valence-electron chi connectivity index (χ3n) is 3.69. The molecule has 1 unspecified atom stereocenters. The lowest BCUT2D eigenvalue weighted by Gasteiger charge is -2.23. The predicted octanol–water partition coefficient (Wildman–Crippen LogP) is 5.45. The van der Waals surface area contributed by atoms with E-state index in [0.29, 0.717) is 12.1 Å². The van der Waals surface area contributed by atoms with Gasteiger partial charge in [0, 0.05) is 17.1 Å². The molecule has 0 bridgehead atoms. The van der Waals surface area contributed by atoms with Gasteiger partial charge >= 0.3 is 0 Å². The SMILES string of the molecule is CCC(N[C@@H](C)c1ccc(C)cc1)c1cccc(Cl)c1. The van der Waals surface area contributed by atoms with E-state index in [1.54, 1.807) is 0 Å². The van der Waals surface area contributed by atoms with Gasteiger partial charge in [-0.2, -0.15) is 0 Å². The number of halogens is 1. The lowest BCUT2D eigenvalue weighted by Crippen LogP contribution is -2.24. The molecular formula is C18H22ClN. The Kier molecular flexibility index (Phi) is 5.22. The lowest BCUT2D eigenvalue weighted by atomic mass is 10.0. The van der Waals surface area contributed by atoms with Gasteiger partial charge in [0.25, 0.3) is 0 Å². The van der Waals surface area contributed by atoms with Crippen molar-refractivity contribution in [2.75, 3.05) is 0 Å². The highest BCUT2D eigenvalue weighted by molar-refractivity contribution is 6.30. The molecular weight excluding hydrogens is 266 g/mol. The van der Waals surface area contributed by atoms with E-state index < -0.39 is 0 Å². The summed E-state index contributed by atoms with van der Waals surface area (Å²) >= 11 is 6.09. The summed E-state index contributed by atoms with van der Waals surface area (Å²) in [6, 6.07) is 17.5. The van der Waals surface area contributed by atoms with E-state index >= 15 is 0 Å². The fraction of sp³-hybridized carbons (Fsp3) is 0.333. The summed E-state index contributed by atoms with van der Waals surface area (Å²) in [5.41, 5.74) is 3.86. The summed E-state index contributed by atoms with van der Waals surface area (Å²) in [6.07, 6.45) is 1.04. The Labute approximate surface area is 127 Å². The molecule has 0 amide bonds. The molecule has 2 aromatic carbocycles. The molecule has 0 aromatic heterocycles. The van der Waals surface area contributed by atoms with Crippen LogP contribution in [0.1, 0.15) is 49.0 Å². The molecule has 0 heterocycles. The van der Waals surface area contributed by atoms with Crippen LogP contribution in [-0.4, -0.2) is 0 Å². The van der Waals surface area contributed by atoms with Crippen LogP contribution in [0.25, 0.3) is 0 Å². The fourth-order valence-electron chi connectivity index (χ4n) is 2.43. The monoisotopic (exact) mass is 287 g/mol. The predicted molar refractivity (Wildman–Crippen MR) is 87.2 cm³/mol. The van der Waals surface area contributed by atoms with Crippen LogP contribution in [0.15, 0.2) is 48.5 Å². The highest BCUT2D eigenvalue weighted by Crippen LogP contribution is 2.24. The number of nitrogens with one attached hydrogen (secondary N) is 1. The van der Waals surface area contributed by atoms with E-state index in [0.717, 1.165) is 11.4 Å². The maximum Gasteiger partial charge on any atom is 0.0409 e. The van der Waals surface area contributed by atoms with Crippen molar-refractivity contribution in [1.82, 2.24) is 5.32 Å². The Morgan fingerprint density at radius 3 is 2.35 bits per heavy atom. The summed E-state index contributed by atoms with van der Waals surface area (Å²) < 4.78 is 0. The van der Waals surface area contributed by atoms with Crippen molar-refractivity contribution in [2.45, 2.75) is 39.3 Å². The van der Waals surface area contributed by atoms with Gasteiger partial charge in [0.2, 0.25) is 0 Å². The lowest BCUT2D eigenvalue weighted by molar-refractivity contribution is 0.456. The average Bonchev–Trinajstić information content (AvgIpc) is 2.45. The Bertz CT molecular complexity index is 548. The van der Waals surface area contributed by atoms with E-state index in [4.69, 9.17) is 11.6 Å². The first kappa shape index (κ1) is 15.1. The maximum atomic E-state index is 6.09. The molecule has 2 rings (SSSR count). The smallest absolute Gasteiger partial charge is 0.0409 e. The topological polar surface area (TPSA) is 12.0 Å². The minimum absolute atomic E-state index is 0.319. The van der Waals surface area contributed by atoms with Crippen LogP contribution in [0.4, 0.5) is 0 Å². The summed E-state index contributed by atoms with van der Waals surface area (Å²) in [4.78, 5) is 0. The van der Waals surface area contributed by atoms with Gasteiger partial charge in [-0.25, -0.2) is 0 Å². The maximum absolute atomic E-state index is 6.09. The van der Waals surface area contributed by atoms with Gasteiger partial charge in [0.05, 0.1) is 0 Å². The Hall–Kier alpha value is -1.31. The highest BCUT2D eigenvalue weighted by atomic mass is 35.5. The zero-order valence-corrected chi connectivity index (χ0v) is 13.1. The molecule has 2 aromatic rings. The van der Waals surface area contributed by atoms with E-state index in [1.807, 2.05) is 18.2 Å². The number of hydrogen-bond donors (Lipinski definition) is 1. The van der Waals surface area contributed by atoms with Crippen molar-refractivity contribution in [3.63, 3.8) is 0 Å². The van der Waals surface area contributed by atoms with E-state index in [-0.39, 0.29) is 0 Å². The second-order valence-electron chi connectivity index (χ2n) is 5.31. The second kappa shape index (κ2) is 6.92. The molecule has 1 N–H and O–H groups in total. The van der Waals surface area contributed by atoms with Crippen molar-refractivity contribution in [1.29, 1.82) is 0 Å². The molecule has 0 spiro atoms. The normalized spacial score (nSPS) is 14.0.